The fourth-order valence-electron chi connectivity index (χ4n) is 3.39. The van der Waals surface area contributed by atoms with Gasteiger partial charge in [-0.25, -0.2) is 0 Å². The lowest BCUT2D eigenvalue weighted by atomic mass is 10.0. The lowest BCUT2D eigenvalue weighted by Gasteiger charge is -2.28. The maximum atomic E-state index is 12.3. The molecule has 0 spiro atoms. The summed E-state index contributed by atoms with van der Waals surface area (Å²) >= 11 is 0. The molecule has 1 aliphatic heterocycles. The summed E-state index contributed by atoms with van der Waals surface area (Å²) in [6, 6.07) is 15.2. The van der Waals surface area contributed by atoms with Crippen molar-refractivity contribution < 1.29 is 9.59 Å². The largest absolute Gasteiger partial charge is 0.372 e. The number of nitrogens with one attached hydrogen (secondary N) is 2. The summed E-state index contributed by atoms with van der Waals surface area (Å²) < 4.78 is 0. The minimum Gasteiger partial charge on any atom is -0.372 e. The molecule has 2 amide bonds. The molecular weight excluding hydrogens is 338 g/mol. The van der Waals surface area contributed by atoms with E-state index in [9.17, 15) is 9.59 Å². The zero-order chi connectivity index (χ0) is 19.2. The first-order chi connectivity index (χ1) is 13.0. The fourth-order valence-corrected chi connectivity index (χ4v) is 3.39. The molecule has 0 radical (unpaired) electrons. The van der Waals surface area contributed by atoms with Crippen LogP contribution in [0.4, 0.5) is 17.1 Å². The van der Waals surface area contributed by atoms with Crippen LogP contribution in [0.3, 0.4) is 0 Å². The number of rotatable bonds is 4. The van der Waals surface area contributed by atoms with Gasteiger partial charge in [0.1, 0.15) is 0 Å². The molecule has 1 heterocycles. The molecular formula is C22H27N3O2. The molecule has 3 rings (SSSR count). The quantitative estimate of drug-likeness (QED) is 0.791. The zero-order valence-electron chi connectivity index (χ0n) is 16.0. The van der Waals surface area contributed by atoms with E-state index in [1.807, 2.05) is 48.5 Å². The van der Waals surface area contributed by atoms with Crippen molar-refractivity contribution in [1.82, 2.24) is 0 Å². The molecule has 1 fully saturated rings. The highest BCUT2D eigenvalue weighted by Gasteiger charge is 2.17. The Hall–Kier alpha value is -2.82. The number of carbonyl (C=O) groups is 2. The van der Waals surface area contributed by atoms with Gasteiger partial charge in [-0.1, -0.05) is 32.0 Å². The highest BCUT2D eigenvalue weighted by molar-refractivity contribution is 6.43. The maximum Gasteiger partial charge on any atom is 0.314 e. The Kier molecular flexibility index (Phi) is 6.12. The van der Waals surface area contributed by atoms with Crippen LogP contribution in [0.1, 0.15) is 44.6 Å². The van der Waals surface area contributed by atoms with E-state index in [1.54, 1.807) is 0 Å². The average Bonchev–Trinajstić information content (AvgIpc) is 2.69. The van der Waals surface area contributed by atoms with Gasteiger partial charge in [-0.15, -0.1) is 0 Å². The summed E-state index contributed by atoms with van der Waals surface area (Å²) in [7, 11) is 0. The minimum absolute atomic E-state index is 0.256. The molecule has 2 aromatic carbocycles. The third-order valence-corrected chi connectivity index (χ3v) is 4.88. The lowest BCUT2D eigenvalue weighted by Crippen LogP contribution is -2.30. The number of amides is 2. The van der Waals surface area contributed by atoms with E-state index in [4.69, 9.17) is 0 Å². The van der Waals surface area contributed by atoms with E-state index in [1.165, 1.54) is 19.3 Å². The highest BCUT2D eigenvalue weighted by atomic mass is 16.2. The number of nitrogens with zero attached hydrogens (tertiary/aromatic N) is 1. The van der Waals surface area contributed by atoms with Crippen LogP contribution >= 0.6 is 0 Å². The molecule has 0 unspecified atom stereocenters. The van der Waals surface area contributed by atoms with Crippen LogP contribution in [-0.4, -0.2) is 24.9 Å². The Morgan fingerprint density at radius 3 is 2.15 bits per heavy atom. The molecule has 2 aromatic rings. The van der Waals surface area contributed by atoms with Crippen molar-refractivity contribution >= 4 is 28.9 Å². The van der Waals surface area contributed by atoms with Crippen molar-refractivity contribution in [1.29, 1.82) is 0 Å². The molecule has 0 aliphatic carbocycles. The first-order valence-corrected chi connectivity index (χ1v) is 9.61. The van der Waals surface area contributed by atoms with Gasteiger partial charge >= 0.3 is 11.8 Å². The predicted molar refractivity (Wildman–Crippen MR) is 110 cm³/mol. The summed E-state index contributed by atoms with van der Waals surface area (Å²) in [6.07, 6.45) is 3.73. The van der Waals surface area contributed by atoms with Gasteiger partial charge < -0.3 is 15.5 Å². The first kappa shape index (κ1) is 19.0. The normalized spacial score (nSPS) is 14.1. The smallest absolute Gasteiger partial charge is 0.314 e. The first-order valence-electron chi connectivity index (χ1n) is 9.61. The topological polar surface area (TPSA) is 61.4 Å². The zero-order valence-corrected chi connectivity index (χ0v) is 16.0. The van der Waals surface area contributed by atoms with Gasteiger partial charge in [0, 0.05) is 30.2 Å². The number of hydrogen-bond donors (Lipinski definition) is 2. The fraction of sp³-hybridized carbons (Fsp3) is 0.364. The summed E-state index contributed by atoms with van der Waals surface area (Å²) in [6.45, 7) is 6.25. The molecule has 1 aliphatic rings. The van der Waals surface area contributed by atoms with Gasteiger partial charge in [0.15, 0.2) is 0 Å². The average molecular weight is 365 g/mol. The molecule has 0 saturated carbocycles. The van der Waals surface area contributed by atoms with Gasteiger partial charge in [0.05, 0.1) is 0 Å². The number of anilines is 3. The van der Waals surface area contributed by atoms with Gasteiger partial charge in [0.2, 0.25) is 0 Å². The Morgan fingerprint density at radius 2 is 1.48 bits per heavy atom. The molecule has 0 aromatic heterocycles. The second kappa shape index (κ2) is 8.71. The molecule has 1 saturated heterocycles. The van der Waals surface area contributed by atoms with E-state index in [-0.39, 0.29) is 5.92 Å². The van der Waals surface area contributed by atoms with Crippen molar-refractivity contribution in [2.75, 3.05) is 28.6 Å². The van der Waals surface area contributed by atoms with Crippen LogP contribution in [0.5, 0.6) is 0 Å². The Balaban J connectivity index is 1.60. The van der Waals surface area contributed by atoms with Crippen LogP contribution in [-0.2, 0) is 9.59 Å². The van der Waals surface area contributed by atoms with E-state index >= 15 is 0 Å². The number of hydrogen-bond acceptors (Lipinski definition) is 3. The van der Waals surface area contributed by atoms with Crippen LogP contribution in [0.15, 0.2) is 48.5 Å². The van der Waals surface area contributed by atoms with Crippen LogP contribution in [0, 0.1) is 0 Å². The standard InChI is InChI=1S/C22H27N3O2/c1-16(2)19-8-4-5-9-20(19)24-22(27)21(26)23-17-10-12-18(13-11-17)25-14-6-3-7-15-25/h4-5,8-13,16H,3,6-7,14-15H2,1-2H3,(H,23,26)(H,24,27). The van der Waals surface area contributed by atoms with Gasteiger partial charge in [-0.2, -0.15) is 0 Å². The van der Waals surface area contributed by atoms with Gasteiger partial charge in [-0.05, 0) is 61.1 Å². The van der Waals surface area contributed by atoms with E-state index < -0.39 is 11.8 Å². The summed E-state index contributed by atoms with van der Waals surface area (Å²) in [5.74, 6) is -1.07. The Labute approximate surface area is 160 Å². The molecule has 0 bridgehead atoms. The Morgan fingerprint density at radius 1 is 0.852 bits per heavy atom. The van der Waals surface area contributed by atoms with Crippen molar-refractivity contribution in [3.8, 4) is 0 Å². The van der Waals surface area contributed by atoms with Crippen LogP contribution in [0.2, 0.25) is 0 Å². The van der Waals surface area contributed by atoms with Crippen molar-refractivity contribution in [3.63, 3.8) is 0 Å². The van der Waals surface area contributed by atoms with Gasteiger partial charge in [-0.3, -0.25) is 9.59 Å². The molecule has 2 N–H and O–H groups in total. The van der Waals surface area contributed by atoms with Crippen LogP contribution in [0.25, 0.3) is 0 Å². The number of carbonyl (C=O) groups excluding carboxylic acids is 2. The third-order valence-electron chi connectivity index (χ3n) is 4.88. The van der Waals surface area contributed by atoms with Gasteiger partial charge in [0.25, 0.3) is 0 Å². The number of benzene rings is 2. The predicted octanol–water partition coefficient (Wildman–Crippen LogP) is 4.38. The second-order valence-electron chi connectivity index (χ2n) is 7.24. The monoisotopic (exact) mass is 365 g/mol. The van der Waals surface area contributed by atoms with E-state index in [0.29, 0.717) is 11.4 Å². The molecule has 0 atom stereocenters. The summed E-state index contributed by atoms with van der Waals surface area (Å²) in [5.41, 5.74) is 3.45. The van der Waals surface area contributed by atoms with Crippen molar-refractivity contribution in [2.24, 2.45) is 0 Å². The van der Waals surface area contributed by atoms with E-state index in [0.717, 1.165) is 24.3 Å². The molecule has 5 nitrogen and oxygen atoms in total. The number of para-hydroxylation sites is 1. The number of piperidine rings is 1. The lowest BCUT2D eigenvalue weighted by molar-refractivity contribution is -0.133. The Bertz CT molecular complexity index is 793. The van der Waals surface area contributed by atoms with Crippen molar-refractivity contribution in [3.05, 3.63) is 54.1 Å². The summed E-state index contributed by atoms with van der Waals surface area (Å²) in [4.78, 5) is 26.9. The maximum absolute atomic E-state index is 12.3. The second-order valence-corrected chi connectivity index (χ2v) is 7.24. The molecule has 27 heavy (non-hydrogen) atoms. The highest BCUT2D eigenvalue weighted by Crippen LogP contribution is 2.24. The third kappa shape index (κ3) is 4.88. The minimum atomic E-state index is -0.667. The SMILES string of the molecule is CC(C)c1ccccc1NC(=O)C(=O)Nc1ccc(N2CCCCC2)cc1. The summed E-state index contributed by atoms with van der Waals surface area (Å²) in [5, 5.41) is 5.39. The molecule has 142 valence electrons. The van der Waals surface area contributed by atoms with Crippen LogP contribution < -0.4 is 15.5 Å². The van der Waals surface area contributed by atoms with E-state index in [2.05, 4.69) is 29.4 Å². The van der Waals surface area contributed by atoms with Crippen molar-refractivity contribution in [2.45, 2.75) is 39.0 Å². The molecule has 5 heteroatoms.